The lowest BCUT2D eigenvalue weighted by Gasteiger charge is -2.10. The maximum Gasteiger partial charge on any atom is 0.240 e. The van der Waals surface area contributed by atoms with E-state index in [0.29, 0.717) is 23.9 Å². The van der Waals surface area contributed by atoms with Crippen LogP contribution in [0.1, 0.15) is 5.56 Å². The van der Waals surface area contributed by atoms with Gasteiger partial charge < -0.3 is 15.4 Å². The molecule has 10 heteroatoms. The predicted octanol–water partition coefficient (Wildman–Crippen LogP) is 2.32. The lowest BCUT2D eigenvalue weighted by atomic mass is 10.2. The minimum absolute atomic E-state index is 0.196. The van der Waals surface area contributed by atoms with E-state index in [1.807, 2.05) is 12.1 Å². The Kier molecular flexibility index (Phi) is 6.57. The molecule has 2 heterocycles. The van der Waals surface area contributed by atoms with Gasteiger partial charge >= 0.3 is 0 Å². The molecule has 0 aliphatic heterocycles. The van der Waals surface area contributed by atoms with E-state index in [1.54, 1.807) is 50.7 Å². The summed E-state index contributed by atoms with van der Waals surface area (Å²) in [6.07, 6.45) is 3.36. The lowest BCUT2D eigenvalue weighted by molar-refractivity contribution is 0.411. The highest BCUT2D eigenvalue weighted by atomic mass is 32.2. The van der Waals surface area contributed by atoms with Gasteiger partial charge in [-0.2, -0.15) is 0 Å². The summed E-state index contributed by atoms with van der Waals surface area (Å²) in [5, 5.41) is 14.3. The zero-order chi connectivity index (χ0) is 20.7. The molecule has 0 amide bonds. The van der Waals surface area contributed by atoms with Gasteiger partial charge in [-0.3, -0.25) is 4.98 Å². The molecule has 9 nitrogen and oxygen atoms in total. The first-order valence-corrected chi connectivity index (χ1v) is 10.4. The maximum atomic E-state index is 12.4. The maximum absolute atomic E-state index is 12.4. The van der Waals surface area contributed by atoms with Crippen LogP contribution in [0.2, 0.25) is 0 Å². The molecule has 0 aliphatic rings. The Morgan fingerprint density at radius 2 is 1.69 bits per heavy atom. The summed E-state index contributed by atoms with van der Waals surface area (Å²) in [7, 11) is -2.05. The van der Waals surface area contributed by atoms with Crippen LogP contribution < -0.4 is 20.1 Å². The molecule has 0 radical (unpaired) electrons. The smallest absolute Gasteiger partial charge is 0.240 e. The number of benzene rings is 1. The molecular formula is C19H22N6O3S. The SMILES string of the molecule is COc1ccc(S(=O)(=O)NCCNc2ccc(Nc3ccncc3)nn2)cc1C. The molecule has 152 valence electrons. The molecule has 0 bridgehead atoms. The Bertz CT molecular complexity index is 1040. The van der Waals surface area contributed by atoms with Gasteiger partial charge in [0.1, 0.15) is 11.6 Å². The summed E-state index contributed by atoms with van der Waals surface area (Å²) in [6.45, 7) is 2.36. The molecule has 3 rings (SSSR count). The highest BCUT2D eigenvalue weighted by Crippen LogP contribution is 2.21. The van der Waals surface area contributed by atoms with Crippen LogP contribution in [0.15, 0.2) is 59.8 Å². The number of nitrogens with zero attached hydrogens (tertiary/aromatic N) is 3. The number of sulfonamides is 1. The molecule has 0 unspecified atom stereocenters. The number of pyridine rings is 1. The Labute approximate surface area is 169 Å². The van der Waals surface area contributed by atoms with Crippen molar-refractivity contribution in [2.45, 2.75) is 11.8 Å². The molecule has 3 N–H and O–H groups in total. The second kappa shape index (κ2) is 9.30. The first-order chi connectivity index (χ1) is 14.0. The Balaban J connectivity index is 1.49. The van der Waals surface area contributed by atoms with E-state index in [1.165, 1.54) is 6.07 Å². The second-order valence-corrected chi connectivity index (χ2v) is 7.89. The zero-order valence-electron chi connectivity index (χ0n) is 16.1. The number of hydrogen-bond donors (Lipinski definition) is 3. The highest BCUT2D eigenvalue weighted by Gasteiger charge is 2.14. The molecule has 0 saturated carbocycles. The standard InChI is InChI=1S/C19H22N6O3S/c1-14-13-16(3-4-17(14)28-2)29(26,27)22-12-11-21-18-5-6-19(25-24-18)23-15-7-9-20-10-8-15/h3-10,13,22H,11-12H2,1-2H3,(H,21,24)(H,20,23,25). The van der Waals surface area contributed by atoms with Crippen molar-refractivity contribution in [3.8, 4) is 5.75 Å². The third kappa shape index (κ3) is 5.62. The summed E-state index contributed by atoms with van der Waals surface area (Å²) in [4.78, 5) is 4.15. The van der Waals surface area contributed by atoms with Gasteiger partial charge in [0, 0.05) is 31.2 Å². The monoisotopic (exact) mass is 414 g/mol. The van der Waals surface area contributed by atoms with E-state index in [0.717, 1.165) is 11.3 Å². The molecule has 0 aliphatic carbocycles. The number of methoxy groups -OCH3 is 1. The topological polar surface area (TPSA) is 118 Å². The van der Waals surface area contributed by atoms with Crippen LogP contribution in [-0.2, 0) is 10.0 Å². The zero-order valence-corrected chi connectivity index (χ0v) is 16.9. The molecule has 3 aromatic rings. The van der Waals surface area contributed by atoms with Crippen molar-refractivity contribution in [3.05, 3.63) is 60.4 Å². The number of nitrogens with one attached hydrogen (secondary N) is 3. The van der Waals surface area contributed by atoms with E-state index < -0.39 is 10.0 Å². The van der Waals surface area contributed by atoms with Crippen LogP contribution in [0.4, 0.5) is 17.3 Å². The fourth-order valence-corrected chi connectivity index (χ4v) is 3.67. The highest BCUT2D eigenvalue weighted by molar-refractivity contribution is 7.89. The molecule has 1 aromatic carbocycles. The van der Waals surface area contributed by atoms with Crippen molar-refractivity contribution in [3.63, 3.8) is 0 Å². The summed E-state index contributed by atoms with van der Waals surface area (Å²) >= 11 is 0. The minimum Gasteiger partial charge on any atom is -0.496 e. The fraction of sp³-hybridized carbons (Fsp3) is 0.211. The lowest BCUT2D eigenvalue weighted by Crippen LogP contribution is -2.29. The molecule has 29 heavy (non-hydrogen) atoms. The van der Waals surface area contributed by atoms with Crippen molar-refractivity contribution in [1.82, 2.24) is 19.9 Å². The van der Waals surface area contributed by atoms with E-state index in [-0.39, 0.29) is 11.4 Å². The normalized spacial score (nSPS) is 11.1. The van der Waals surface area contributed by atoms with Gasteiger partial charge in [-0.25, -0.2) is 13.1 Å². The first kappa shape index (κ1) is 20.5. The number of aromatic nitrogens is 3. The van der Waals surface area contributed by atoms with Crippen molar-refractivity contribution in [1.29, 1.82) is 0 Å². The van der Waals surface area contributed by atoms with Crippen molar-refractivity contribution < 1.29 is 13.2 Å². The van der Waals surface area contributed by atoms with Crippen molar-refractivity contribution in [2.75, 3.05) is 30.8 Å². The van der Waals surface area contributed by atoms with Gasteiger partial charge in [0.2, 0.25) is 10.0 Å². The largest absolute Gasteiger partial charge is 0.496 e. The summed E-state index contributed by atoms with van der Waals surface area (Å²) in [5.41, 5.74) is 1.61. The van der Waals surface area contributed by atoms with Crippen LogP contribution in [0, 0.1) is 6.92 Å². The Morgan fingerprint density at radius 1 is 0.966 bits per heavy atom. The average molecular weight is 414 g/mol. The first-order valence-electron chi connectivity index (χ1n) is 8.87. The molecule has 2 aromatic heterocycles. The molecular weight excluding hydrogens is 392 g/mol. The van der Waals surface area contributed by atoms with Crippen LogP contribution in [-0.4, -0.2) is 43.8 Å². The molecule has 0 atom stereocenters. The third-order valence-corrected chi connectivity index (χ3v) is 5.48. The molecule has 0 spiro atoms. The molecule has 0 fully saturated rings. The van der Waals surface area contributed by atoms with Gasteiger partial charge in [-0.1, -0.05) is 0 Å². The van der Waals surface area contributed by atoms with Gasteiger partial charge in [0.05, 0.1) is 12.0 Å². The van der Waals surface area contributed by atoms with E-state index in [4.69, 9.17) is 4.74 Å². The number of hydrogen-bond acceptors (Lipinski definition) is 8. The second-order valence-electron chi connectivity index (χ2n) is 6.12. The van der Waals surface area contributed by atoms with Crippen molar-refractivity contribution >= 4 is 27.3 Å². The van der Waals surface area contributed by atoms with Gasteiger partial charge in [0.25, 0.3) is 0 Å². The number of aryl methyl sites for hydroxylation is 1. The van der Waals surface area contributed by atoms with Crippen LogP contribution in [0.25, 0.3) is 0 Å². The number of anilines is 3. The number of rotatable bonds is 9. The van der Waals surface area contributed by atoms with Gasteiger partial charge in [0.15, 0.2) is 5.82 Å². The Morgan fingerprint density at radius 3 is 2.34 bits per heavy atom. The molecule has 0 saturated heterocycles. The third-order valence-electron chi connectivity index (χ3n) is 4.02. The van der Waals surface area contributed by atoms with Crippen LogP contribution in [0.3, 0.4) is 0 Å². The van der Waals surface area contributed by atoms with Gasteiger partial charge in [-0.05, 0) is 55.0 Å². The predicted molar refractivity (Wildman–Crippen MR) is 111 cm³/mol. The van der Waals surface area contributed by atoms with E-state index >= 15 is 0 Å². The number of ether oxygens (including phenoxy) is 1. The van der Waals surface area contributed by atoms with Crippen molar-refractivity contribution in [2.24, 2.45) is 0 Å². The summed E-state index contributed by atoms with van der Waals surface area (Å²) in [6, 6.07) is 11.9. The van der Waals surface area contributed by atoms with E-state index in [9.17, 15) is 8.42 Å². The van der Waals surface area contributed by atoms with Crippen LogP contribution in [0.5, 0.6) is 5.75 Å². The van der Waals surface area contributed by atoms with E-state index in [2.05, 4.69) is 30.5 Å². The van der Waals surface area contributed by atoms with Crippen LogP contribution >= 0.6 is 0 Å². The summed E-state index contributed by atoms with van der Waals surface area (Å²) < 4.78 is 32.5. The average Bonchev–Trinajstić information content (AvgIpc) is 2.73. The fourth-order valence-electron chi connectivity index (χ4n) is 2.55. The summed E-state index contributed by atoms with van der Waals surface area (Å²) in [5.74, 6) is 1.79. The minimum atomic E-state index is -3.60. The quantitative estimate of drug-likeness (QED) is 0.457. The Hall–Kier alpha value is -3.24. The van der Waals surface area contributed by atoms with Gasteiger partial charge in [-0.15, -0.1) is 10.2 Å².